The molecule has 92 valence electrons. The summed E-state index contributed by atoms with van der Waals surface area (Å²) in [6.45, 7) is 3.46. The number of carbonyl (C=O) groups excluding carboxylic acids is 1. The van der Waals surface area contributed by atoms with E-state index in [1.165, 1.54) is 6.08 Å². The first-order chi connectivity index (χ1) is 8.79. The molecule has 1 aromatic heterocycles. The molecular weight excluding hydrogens is 226 g/mol. The fourth-order valence-corrected chi connectivity index (χ4v) is 1.78. The lowest BCUT2D eigenvalue weighted by molar-refractivity contribution is -0.117. The van der Waals surface area contributed by atoms with Gasteiger partial charge in [0.05, 0.1) is 24.3 Å². The number of H-pyrrole nitrogens is 1. The number of nitrogens with zero attached hydrogens (tertiary/aromatic N) is 1. The first-order valence-corrected chi connectivity index (χ1v) is 5.74. The summed E-state index contributed by atoms with van der Waals surface area (Å²) in [6.07, 6.45) is 5.31. The van der Waals surface area contributed by atoms with E-state index in [-0.39, 0.29) is 11.9 Å². The third-order valence-electron chi connectivity index (χ3n) is 2.68. The Morgan fingerprint density at radius 3 is 2.83 bits per heavy atom. The summed E-state index contributed by atoms with van der Waals surface area (Å²) in [5.41, 5.74) is 2.04. The Kier molecular flexibility index (Phi) is 3.91. The molecule has 0 aliphatic carbocycles. The minimum absolute atomic E-state index is 0.125. The van der Waals surface area contributed by atoms with Gasteiger partial charge in [0.15, 0.2) is 0 Å². The topological polar surface area (TPSA) is 57.8 Å². The summed E-state index contributed by atoms with van der Waals surface area (Å²) in [7, 11) is 0. The van der Waals surface area contributed by atoms with Crippen molar-refractivity contribution >= 4 is 5.91 Å². The Hall–Kier alpha value is -2.36. The minimum Gasteiger partial charge on any atom is -0.347 e. The molecule has 1 atom stereocenters. The van der Waals surface area contributed by atoms with Crippen molar-refractivity contribution < 1.29 is 4.79 Å². The first-order valence-electron chi connectivity index (χ1n) is 5.74. The molecule has 0 radical (unpaired) electrons. The number of hydrogen-bond acceptors (Lipinski definition) is 2. The molecular formula is C14H15N3O. The summed E-state index contributed by atoms with van der Waals surface area (Å²) in [5.74, 6) is -0.189. The van der Waals surface area contributed by atoms with Crippen molar-refractivity contribution in [3.63, 3.8) is 0 Å². The molecule has 2 N–H and O–H groups in total. The molecule has 0 bridgehead atoms. The summed E-state index contributed by atoms with van der Waals surface area (Å²) in [5, 5.41) is 2.89. The van der Waals surface area contributed by atoms with E-state index in [1.807, 2.05) is 30.3 Å². The van der Waals surface area contributed by atoms with Gasteiger partial charge in [-0.3, -0.25) is 4.79 Å². The van der Waals surface area contributed by atoms with Crippen LogP contribution in [0.4, 0.5) is 0 Å². The van der Waals surface area contributed by atoms with E-state index in [9.17, 15) is 4.79 Å². The number of imidazole rings is 1. The lowest BCUT2D eigenvalue weighted by Crippen LogP contribution is -2.28. The molecule has 1 unspecified atom stereocenters. The van der Waals surface area contributed by atoms with Crippen LogP contribution in [-0.4, -0.2) is 15.9 Å². The molecule has 18 heavy (non-hydrogen) atoms. The highest BCUT2D eigenvalue weighted by atomic mass is 16.1. The van der Waals surface area contributed by atoms with Gasteiger partial charge >= 0.3 is 0 Å². The summed E-state index contributed by atoms with van der Waals surface area (Å²) < 4.78 is 0. The van der Waals surface area contributed by atoms with Crippen LogP contribution in [0.5, 0.6) is 0 Å². The number of carbonyl (C=O) groups is 1. The molecule has 0 aliphatic rings. The second-order valence-corrected chi connectivity index (χ2v) is 3.96. The van der Waals surface area contributed by atoms with Crippen molar-refractivity contribution in [2.24, 2.45) is 0 Å². The molecule has 1 aromatic carbocycles. The SMILES string of the molecule is C=CC(=O)NC(Cc1ccccc1)c1cnc[nH]1. The molecule has 2 rings (SSSR count). The highest BCUT2D eigenvalue weighted by molar-refractivity contribution is 5.87. The predicted molar refractivity (Wildman–Crippen MR) is 69.8 cm³/mol. The van der Waals surface area contributed by atoms with Crippen molar-refractivity contribution in [1.29, 1.82) is 0 Å². The van der Waals surface area contributed by atoms with Crippen molar-refractivity contribution in [2.45, 2.75) is 12.5 Å². The van der Waals surface area contributed by atoms with E-state index in [0.717, 1.165) is 11.3 Å². The third-order valence-corrected chi connectivity index (χ3v) is 2.68. The van der Waals surface area contributed by atoms with Gasteiger partial charge in [0, 0.05) is 0 Å². The van der Waals surface area contributed by atoms with Gasteiger partial charge in [0.25, 0.3) is 0 Å². The number of amides is 1. The van der Waals surface area contributed by atoms with Crippen LogP contribution in [0, 0.1) is 0 Å². The Labute approximate surface area is 106 Å². The predicted octanol–water partition coefficient (Wildman–Crippen LogP) is 2.00. The zero-order valence-corrected chi connectivity index (χ0v) is 9.97. The molecule has 0 aliphatic heterocycles. The van der Waals surface area contributed by atoms with Gasteiger partial charge in [-0.25, -0.2) is 4.98 Å². The highest BCUT2D eigenvalue weighted by Crippen LogP contribution is 2.15. The quantitative estimate of drug-likeness (QED) is 0.786. The number of aromatic amines is 1. The van der Waals surface area contributed by atoms with Crippen LogP contribution in [0.15, 0.2) is 55.5 Å². The van der Waals surface area contributed by atoms with E-state index in [4.69, 9.17) is 0 Å². The van der Waals surface area contributed by atoms with Gasteiger partial charge in [-0.2, -0.15) is 0 Å². The van der Waals surface area contributed by atoms with Gasteiger partial charge in [-0.1, -0.05) is 36.9 Å². The van der Waals surface area contributed by atoms with Gasteiger partial charge in [-0.05, 0) is 18.1 Å². The molecule has 1 amide bonds. The zero-order chi connectivity index (χ0) is 12.8. The van der Waals surface area contributed by atoms with Crippen LogP contribution in [0.25, 0.3) is 0 Å². The van der Waals surface area contributed by atoms with Crippen LogP contribution >= 0.6 is 0 Å². The average Bonchev–Trinajstić information content (AvgIpc) is 2.93. The Morgan fingerprint density at radius 1 is 1.44 bits per heavy atom. The van der Waals surface area contributed by atoms with Gasteiger partial charge < -0.3 is 10.3 Å². The maximum absolute atomic E-state index is 11.4. The normalized spacial score (nSPS) is 11.8. The first kappa shape index (κ1) is 12.1. The van der Waals surface area contributed by atoms with Gasteiger partial charge in [0.1, 0.15) is 0 Å². The molecule has 0 fully saturated rings. The molecule has 0 saturated heterocycles. The van der Waals surface area contributed by atoms with E-state index in [1.54, 1.807) is 12.5 Å². The number of nitrogens with one attached hydrogen (secondary N) is 2. The second kappa shape index (κ2) is 5.82. The van der Waals surface area contributed by atoms with E-state index < -0.39 is 0 Å². The van der Waals surface area contributed by atoms with Gasteiger partial charge in [0.2, 0.25) is 5.91 Å². The fourth-order valence-electron chi connectivity index (χ4n) is 1.78. The molecule has 1 heterocycles. The Bertz CT molecular complexity index is 505. The molecule has 2 aromatic rings. The number of hydrogen-bond donors (Lipinski definition) is 2. The van der Waals surface area contributed by atoms with Crippen molar-refractivity contribution in [3.8, 4) is 0 Å². The Balaban J connectivity index is 2.15. The van der Waals surface area contributed by atoms with Crippen molar-refractivity contribution in [1.82, 2.24) is 15.3 Å². The van der Waals surface area contributed by atoms with E-state index in [2.05, 4.69) is 21.9 Å². The van der Waals surface area contributed by atoms with Crippen LogP contribution < -0.4 is 5.32 Å². The average molecular weight is 241 g/mol. The fraction of sp³-hybridized carbons (Fsp3) is 0.143. The monoisotopic (exact) mass is 241 g/mol. The standard InChI is InChI=1S/C14H15N3O/c1-2-14(18)17-12(13-9-15-10-16-13)8-11-6-4-3-5-7-11/h2-7,9-10,12H,1,8H2,(H,15,16)(H,17,18). The lowest BCUT2D eigenvalue weighted by atomic mass is 10.0. The maximum Gasteiger partial charge on any atom is 0.243 e. The lowest BCUT2D eigenvalue weighted by Gasteiger charge is -2.16. The third kappa shape index (κ3) is 3.07. The van der Waals surface area contributed by atoms with E-state index in [0.29, 0.717) is 6.42 Å². The highest BCUT2D eigenvalue weighted by Gasteiger charge is 2.15. The molecule has 0 saturated carbocycles. The smallest absolute Gasteiger partial charge is 0.243 e. The molecule has 4 nitrogen and oxygen atoms in total. The summed E-state index contributed by atoms with van der Waals surface area (Å²) >= 11 is 0. The van der Waals surface area contributed by atoms with Crippen molar-refractivity contribution in [3.05, 3.63) is 66.8 Å². The van der Waals surface area contributed by atoms with Crippen LogP contribution in [0.2, 0.25) is 0 Å². The number of rotatable bonds is 5. The minimum atomic E-state index is -0.189. The largest absolute Gasteiger partial charge is 0.347 e. The van der Waals surface area contributed by atoms with Gasteiger partial charge in [-0.15, -0.1) is 0 Å². The Morgan fingerprint density at radius 2 is 2.22 bits per heavy atom. The summed E-state index contributed by atoms with van der Waals surface area (Å²) in [4.78, 5) is 18.5. The zero-order valence-electron chi connectivity index (χ0n) is 9.97. The molecule has 4 heteroatoms. The van der Waals surface area contributed by atoms with E-state index >= 15 is 0 Å². The summed E-state index contributed by atoms with van der Waals surface area (Å²) in [6, 6.07) is 9.87. The second-order valence-electron chi connectivity index (χ2n) is 3.96. The number of aromatic nitrogens is 2. The maximum atomic E-state index is 11.4. The number of benzene rings is 1. The van der Waals surface area contributed by atoms with Crippen LogP contribution in [0.1, 0.15) is 17.3 Å². The van der Waals surface area contributed by atoms with Crippen LogP contribution in [-0.2, 0) is 11.2 Å². The molecule has 0 spiro atoms. The van der Waals surface area contributed by atoms with Crippen molar-refractivity contribution in [2.75, 3.05) is 0 Å². The van der Waals surface area contributed by atoms with Crippen LogP contribution in [0.3, 0.4) is 0 Å².